The molecular formula is C11H19NO. The van der Waals surface area contributed by atoms with Gasteiger partial charge in [0.2, 0.25) is 0 Å². The Morgan fingerprint density at radius 3 is 3.00 bits per heavy atom. The molecule has 0 aromatic rings. The molecule has 0 amide bonds. The van der Waals surface area contributed by atoms with E-state index in [1.165, 1.54) is 19.4 Å². The van der Waals surface area contributed by atoms with E-state index in [1.54, 1.807) is 0 Å². The molecule has 0 bridgehead atoms. The molecule has 0 aromatic carbocycles. The highest BCUT2D eigenvalue weighted by Gasteiger charge is 2.40. The zero-order chi connectivity index (χ0) is 9.47. The van der Waals surface area contributed by atoms with Crippen molar-refractivity contribution < 1.29 is 5.11 Å². The summed E-state index contributed by atoms with van der Waals surface area (Å²) in [6, 6.07) is 0.621. The van der Waals surface area contributed by atoms with E-state index in [9.17, 15) is 5.11 Å². The van der Waals surface area contributed by atoms with Gasteiger partial charge in [0, 0.05) is 12.6 Å². The van der Waals surface area contributed by atoms with Gasteiger partial charge < -0.3 is 10.0 Å². The van der Waals surface area contributed by atoms with Crippen LogP contribution in [0.25, 0.3) is 0 Å². The number of hydrogen-bond donors (Lipinski definition) is 1. The van der Waals surface area contributed by atoms with Crippen LogP contribution in [0.3, 0.4) is 0 Å². The van der Waals surface area contributed by atoms with E-state index in [2.05, 4.69) is 11.5 Å². The van der Waals surface area contributed by atoms with Gasteiger partial charge in [-0.15, -0.1) is 0 Å². The first-order chi connectivity index (χ1) is 6.12. The van der Waals surface area contributed by atoms with E-state index in [4.69, 9.17) is 0 Å². The predicted molar refractivity (Wildman–Crippen MR) is 53.6 cm³/mol. The maximum Gasteiger partial charge on any atom is 0.0878 e. The van der Waals surface area contributed by atoms with Crippen LogP contribution < -0.4 is 0 Å². The van der Waals surface area contributed by atoms with Crippen LogP contribution in [-0.4, -0.2) is 34.7 Å². The third-order valence-electron chi connectivity index (χ3n) is 3.68. The lowest BCUT2D eigenvalue weighted by Gasteiger charge is -2.41. The molecule has 2 rings (SSSR count). The van der Waals surface area contributed by atoms with E-state index < -0.39 is 5.60 Å². The second kappa shape index (κ2) is 3.10. The standard InChI is InChI=1S/C11H19NO/c1-9(2)11(13)5-7-12-6-3-4-10(12)8-11/h10,13H,1,3-8H2,2H3. The normalized spacial score (nSPS) is 40.3. The molecule has 0 saturated carbocycles. The summed E-state index contributed by atoms with van der Waals surface area (Å²) >= 11 is 0. The molecule has 2 heteroatoms. The highest BCUT2D eigenvalue weighted by Crippen LogP contribution is 2.36. The second-order valence-corrected chi connectivity index (χ2v) is 4.60. The quantitative estimate of drug-likeness (QED) is 0.620. The molecule has 2 saturated heterocycles. The van der Waals surface area contributed by atoms with Crippen LogP contribution in [0.4, 0.5) is 0 Å². The van der Waals surface area contributed by atoms with Gasteiger partial charge >= 0.3 is 0 Å². The number of rotatable bonds is 1. The number of aliphatic hydroxyl groups is 1. The molecule has 13 heavy (non-hydrogen) atoms. The van der Waals surface area contributed by atoms with Crippen molar-refractivity contribution in [2.24, 2.45) is 0 Å². The molecule has 2 atom stereocenters. The zero-order valence-corrected chi connectivity index (χ0v) is 8.42. The third kappa shape index (κ3) is 1.53. The molecule has 1 N–H and O–H groups in total. The van der Waals surface area contributed by atoms with E-state index in [1.807, 2.05) is 6.92 Å². The number of nitrogens with zero attached hydrogens (tertiary/aromatic N) is 1. The van der Waals surface area contributed by atoms with Gasteiger partial charge in [-0.3, -0.25) is 0 Å². The summed E-state index contributed by atoms with van der Waals surface area (Å²) in [4.78, 5) is 2.51. The zero-order valence-electron chi connectivity index (χ0n) is 8.42. The van der Waals surface area contributed by atoms with Crippen molar-refractivity contribution in [2.75, 3.05) is 13.1 Å². The fourth-order valence-corrected chi connectivity index (χ4v) is 2.63. The summed E-state index contributed by atoms with van der Waals surface area (Å²) in [5, 5.41) is 10.3. The molecule has 2 aliphatic rings. The number of hydrogen-bond acceptors (Lipinski definition) is 2. The average molecular weight is 181 g/mol. The summed E-state index contributed by atoms with van der Waals surface area (Å²) in [5.41, 5.74) is 0.380. The number of piperidine rings is 1. The van der Waals surface area contributed by atoms with Gasteiger partial charge in [-0.1, -0.05) is 6.58 Å². The van der Waals surface area contributed by atoms with Gasteiger partial charge in [0.1, 0.15) is 0 Å². The highest BCUT2D eigenvalue weighted by molar-refractivity contribution is 5.13. The lowest BCUT2D eigenvalue weighted by molar-refractivity contribution is -0.00659. The largest absolute Gasteiger partial charge is 0.385 e. The van der Waals surface area contributed by atoms with Crippen LogP contribution in [0.15, 0.2) is 12.2 Å². The van der Waals surface area contributed by atoms with Crippen molar-refractivity contribution in [3.63, 3.8) is 0 Å². The van der Waals surface area contributed by atoms with E-state index in [0.29, 0.717) is 6.04 Å². The summed E-state index contributed by atoms with van der Waals surface area (Å²) < 4.78 is 0. The first-order valence-electron chi connectivity index (χ1n) is 5.24. The summed E-state index contributed by atoms with van der Waals surface area (Å²) in [6.07, 6.45) is 4.34. The van der Waals surface area contributed by atoms with E-state index in [-0.39, 0.29) is 0 Å². The van der Waals surface area contributed by atoms with E-state index >= 15 is 0 Å². The van der Waals surface area contributed by atoms with Crippen LogP contribution in [0.1, 0.15) is 32.6 Å². The fraction of sp³-hybridized carbons (Fsp3) is 0.818. The Morgan fingerprint density at radius 2 is 2.31 bits per heavy atom. The Morgan fingerprint density at radius 1 is 1.54 bits per heavy atom. The van der Waals surface area contributed by atoms with Crippen LogP contribution in [0, 0.1) is 0 Å². The van der Waals surface area contributed by atoms with Crippen molar-refractivity contribution in [1.29, 1.82) is 0 Å². The van der Waals surface area contributed by atoms with Gasteiger partial charge in [-0.2, -0.15) is 0 Å². The monoisotopic (exact) mass is 181 g/mol. The molecule has 2 nitrogen and oxygen atoms in total. The number of fused-ring (bicyclic) bond motifs is 1. The van der Waals surface area contributed by atoms with Gasteiger partial charge in [0.25, 0.3) is 0 Å². The Kier molecular flexibility index (Phi) is 2.20. The predicted octanol–water partition coefficient (Wildman–Crippen LogP) is 1.55. The van der Waals surface area contributed by atoms with Crippen molar-refractivity contribution in [2.45, 2.75) is 44.2 Å². The summed E-state index contributed by atoms with van der Waals surface area (Å²) in [5.74, 6) is 0. The van der Waals surface area contributed by atoms with Gasteiger partial charge in [-0.25, -0.2) is 0 Å². The fourth-order valence-electron chi connectivity index (χ4n) is 2.63. The average Bonchev–Trinajstić information content (AvgIpc) is 2.50. The smallest absolute Gasteiger partial charge is 0.0878 e. The minimum Gasteiger partial charge on any atom is -0.385 e. The van der Waals surface area contributed by atoms with Crippen LogP contribution in [0.2, 0.25) is 0 Å². The van der Waals surface area contributed by atoms with Crippen molar-refractivity contribution in [3.8, 4) is 0 Å². The highest BCUT2D eigenvalue weighted by atomic mass is 16.3. The first kappa shape index (κ1) is 9.22. The second-order valence-electron chi connectivity index (χ2n) is 4.60. The summed E-state index contributed by atoms with van der Waals surface area (Å²) in [6.45, 7) is 8.13. The molecular weight excluding hydrogens is 162 g/mol. The van der Waals surface area contributed by atoms with Gasteiger partial charge in [-0.05, 0) is 44.7 Å². The SMILES string of the molecule is C=C(C)C1(O)CCN2CCCC2C1. The molecule has 2 unspecified atom stereocenters. The van der Waals surface area contributed by atoms with Gasteiger partial charge in [0.15, 0.2) is 0 Å². The topological polar surface area (TPSA) is 23.5 Å². The Balaban J connectivity index is 2.08. The molecule has 2 fully saturated rings. The van der Waals surface area contributed by atoms with Crippen molar-refractivity contribution >= 4 is 0 Å². The first-order valence-corrected chi connectivity index (χ1v) is 5.24. The molecule has 2 aliphatic heterocycles. The summed E-state index contributed by atoms with van der Waals surface area (Å²) in [7, 11) is 0. The Labute approximate surface area is 80.2 Å². The third-order valence-corrected chi connectivity index (χ3v) is 3.68. The lowest BCUT2D eigenvalue weighted by Crippen LogP contribution is -2.48. The van der Waals surface area contributed by atoms with Crippen LogP contribution >= 0.6 is 0 Å². The van der Waals surface area contributed by atoms with E-state index in [0.717, 1.165) is 25.0 Å². The van der Waals surface area contributed by atoms with Crippen molar-refractivity contribution in [1.82, 2.24) is 4.90 Å². The van der Waals surface area contributed by atoms with Crippen LogP contribution in [0.5, 0.6) is 0 Å². The minimum absolute atomic E-state index is 0.564. The lowest BCUT2D eigenvalue weighted by atomic mass is 9.82. The molecule has 0 spiro atoms. The molecule has 2 heterocycles. The maximum atomic E-state index is 10.3. The Hall–Kier alpha value is -0.340. The van der Waals surface area contributed by atoms with Crippen molar-refractivity contribution in [3.05, 3.63) is 12.2 Å². The molecule has 74 valence electrons. The Bertz CT molecular complexity index is 226. The molecule has 0 aromatic heterocycles. The van der Waals surface area contributed by atoms with Crippen LogP contribution in [-0.2, 0) is 0 Å². The van der Waals surface area contributed by atoms with Gasteiger partial charge in [0.05, 0.1) is 5.60 Å². The molecule has 0 aliphatic carbocycles. The molecule has 0 radical (unpaired) electrons. The minimum atomic E-state index is -0.564. The maximum absolute atomic E-state index is 10.3.